The highest BCUT2D eigenvalue weighted by molar-refractivity contribution is 5.93. The van der Waals surface area contributed by atoms with Crippen LogP contribution in [0.3, 0.4) is 0 Å². The van der Waals surface area contributed by atoms with E-state index in [2.05, 4.69) is 10.2 Å². The van der Waals surface area contributed by atoms with Gasteiger partial charge in [-0.25, -0.2) is 0 Å². The summed E-state index contributed by atoms with van der Waals surface area (Å²) < 4.78 is 5.27. The zero-order chi connectivity index (χ0) is 14.4. The molecule has 1 aliphatic heterocycles. The Balaban J connectivity index is 1.70. The Kier molecular flexibility index (Phi) is 6.01. The molecule has 5 heteroatoms. The summed E-state index contributed by atoms with van der Waals surface area (Å²) in [4.78, 5) is 14.2. The smallest absolute Gasteiger partial charge is 0.246 e. The fourth-order valence-electron chi connectivity index (χ4n) is 2.83. The van der Waals surface area contributed by atoms with Crippen molar-refractivity contribution in [1.82, 2.24) is 10.2 Å². The molecule has 0 aromatic carbocycles. The average molecular weight is 282 g/mol. The summed E-state index contributed by atoms with van der Waals surface area (Å²) in [7, 11) is 0. The standard InChI is InChI=1S/C15H26N2O3/c1-12(13-4-2-3-5-13)15(19)16-10-14(18)11-17-6-8-20-9-7-17/h14,18H,2-11H2,1H3,(H,16,19)/t14-/m1/s1. The Bertz CT molecular complexity index is 354. The van der Waals surface area contributed by atoms with Crippen molar-refractivity contribution in [3.8, 4) is 0 Å². The van der Waals surface area contributed by atoms with E-state index in [1.54, 1.807) is 0 Å². The lowest BCUT2D eigenvalue weighted by atomic mass is 10.1. The minimum atomic E-state index is -0.515. The first kappa shape index (κ1) is 15.5. The van der Waals surface area contributed by atoms with Gasteiger partial charge in [-0.05, 0) is 32.6 Å². The largest absolute Gasteiger partial charge is 0.390 e. The lowest BCUT2D eigenvalue weighted by molar-refractivity contribution is -0.118. The highest BCUT2D eigenvalue weighted by Gasteiger charge is 2.17. The Hall–Kier alpha value is -0.910. The second-order valence-corrected chi connectivity index (χ2v) is 5.71. The van der Waals surface area contributed by atoms with Crippen LogP contribution in [0.25, 0.3) is 0 Å². The van der Waals surface area contributed by atoms with Crippen LogP contribution in [-0.2, 0) is 9.53 Å². The van der Waals surface area contributed by atoms with E-state index in [0.29, 0.717) is 13.1 Å². The second kappa shape index (κ2) is 7.76. The van der Waals surface area contributed by atoms with Crippen LogP contribution in [0.1, 0.15) is 32.6 Å². The number of β-amino-alcohol motifs (C(OH)–C–C–N with tert-alkyl or cyclic N) is 1. The van der Waals surface area contributed by atoms with E-state index >= 15 is 0 Å². The van der Waals surface area contributed by atoms with Crippen LogP contribution in [0.15, 0.2) is 11.1 Å². The first-order valence-electron chi connectivity index (χ1n) is 7.62. The van der Waals surface area contributed by atoms with Gasteiger partial charge < -0.3 is 15.2 Å². The van der Waals surface area contributed by atoms with Crippen LogP contribution >= 0.6 is 0 Å². The third-order valence-electron chi connectivity index (χ3n) is 4.15. The summed E-state index contributed by atoms with van der Waals surface area (Å²) in [5, 5.41) is 12.8. The molecule has 0 radical (unpaired) electrons. The molecule has 2 rings (SSSR count). The van der Waals surface area contributed by atoms with Crippen molar-refractivity contribution >= 4 is 5.91 Å². The molecule has 1 saturated carbocycles. The molecule has 1 aliphatic carbocycles. The first-order valence-corrected chi connectivity index (χ1v) is 7.62. The maximum atomic E-state index is 12.0. The minimum absolute atomic E-state index is 0.0251. The molecule has 0 aromatic rings. The molecule has 5 nitrogen and oxygen atoms in total. The molecule has 1 heterocycles. The Morgan fingerprint density at radius 2 is 2.00 bits per heavy atom. The molecule has 2 fully saturated rings. The van der Waals surface area contributed by atoms with E-state index in [9.17, 15) is 9.90 Å². The van der Waals surface area contributed by atoms with Crippen molar-refractivity contribution in [3.63, 3.8) is 0 Å². The number of rotatable bonds is 5. The van der Waals surface area contributed by atoms with Crippen molar-refractivity contribution in [2.75, 3.05) is 39.4 Å². The lowest BCUT2D eigenvalue weighted by Crippen LogP contribution is -2.44. The van der Waals surface area contributed by atoms with Crippen molar-refractivity contribution in [2.45, 2.75) is 38.7 Å². The van der Waals surface area contributed by atoms with Crippen LogP contribution in [-0.4, -0.2) is 61.4 Å². The van der Waals surface area contributed by atoms with Crippen LogP contribution < -0.4 is 5.32 Å². The zero-order valence-corrected chi connectivity index (χ0v) is 12.4. The number of amides is 1. The average Bonchev–Trinajstić information content (AvgIpc) is 2.99. The molecule has 2 aliphatic rings. The molecule has 0 aromatic heterocycles. The van der Waals surface area contributed by atoms with Gasteiger partial charge in [-0.3, -0.25) is 9.69 Å². The van der Waals surface area contributed by atoms with Gasteiger partial charge in [0.1, 0.15) is 0 Å². The molecule has 0 unspecified atom stereocenters. The van der Waals surface area contributed by atoms with E-state index < -0.39 is 6.10 Å². The van der Waals surface area contributed by atoms with Crippen molar-refractivity contribution in [2.24, 2.45) is 0 Å². The van der Waals surface area contributed by atoms with Crippen molar-refractivity contribution in [1.29, 1.82) is 0 Å². The molecule has 20 heavy (non-hydrogen) atoms. The van der Waals surface area contributed by atoms with Gasteiger partial charge in [-0.2, -0.15) is 0 Å². The van der Waals surface area contributed by atoms with Crippen LogP contribution in [0, 0.1) is 0 Å². The number of hydrogen-bond donors (Lipinski definition) is 2. The van der Waals surface area contributed by atoms with Gasteiger partial charge in [-0.1, -0.05) is 5.57 Å². The van der Waals surface area contributed by atoms with Gasteiger partial charge in [0.05, 0.1) is 19.3 Å². The van der Waals surface area contributed by atoms with Crippen molar-refractivity contribution < 1.29 is 14.6 Å². The van der Waals surface area contributed by atoms with Crippen molar-refractivity contribution in [3.05, 3.63) is 11.1 Å². The number of carbonyl (C=O) groups excluding carboxylic acids is 1. The Labute approximate surface area is 121 Å². The third-order valence-corrected chi connectivity index (χ3v) is 4.15. The van der Waals surface area contributed by atoms with Gasteiger partial charge in [0.2, 0.25) is 5.91 Å². The predicted molar refractivity (Wildman–Crippen MR) is 77.4 cm³/mol. The van der Waals surface area contributed by atoms with Gasteiger partial charge >= 0.3 is 0 Å². The quantitative estimate of drug-likeness (QED) is 0.728. The number of nitrogens with zero attached hydrogens (tertiary/aromatic N) is 1. The summed E-state index contributed by atoms with van der Waals surface area (Å²) >= 11 is 0. The molecule has 114 valence electrons. The molecule has 1 saturated heterocycles. The first-order chi connectivity index (χ1) is 9.66. The third kappa shape index (κ3) is 4.58. The number of carbonyl (C=O) groups is 1. The zero-order valence-electron chi connectivity index (χ0n) is 12.4. The van der Waals surface area contributed by atoms with Crippen LogP contribution in [0.4, 0.5) is 0 Å². The maximum Gasteiger partial charge on any atom is 0.246 e. The van der Waals surface area contributed by atoms with E-state index in [4.69, 9.17) is 4.74 Å². The van der Waals surface area contributed by atoms with Gasteiger partial charge in [0.15, 0.2) is 0 Å². The number of nitrogens with one attached hydrogen (secondary N) is 1. The number of allylic oxidation sites excluding steroid dienone is 1. The fourth-order valence-corrected chi connectivity index (χ4v) is 2.83. The number of ether oxygens (including phenoxy) is 1. The molecular formula is C15H26N2O3. The molecule has 1 amide bonds. The van der Waals surface area contributed by atoms with E-state index in [1.807, 2.05) is 6.92 Å². The summed E-state index contributed by atoms with van der Waals surface area (Å²) in [6.07, 6.45) is 3.98. The molecule has 0 bridgehead atoms. The highest BCUT2D eigenvalue weighted by atomic mass is 16.5. The second-order valence-electron chi connectivity index (χ2n) is 5.71. The van der Waals surface area contributed by atoms with E-state index in [-0.39, 0.29) is 5.91 Å². The topological polar surface area (TPSA) is 61.8 Å². The molecular weight excluding hydrogens is 256 g/mol. The predicted octanol–water partition coefficient (Wildman–Crippen LogP) is 0.686. The summed E-state index contributed by atoms with van der Waals surface area (Å²) in [6.45, 7) is 5.97. The highest BCUT2D eigenvalue weighted by Crippen LogP contribution is 2.26. The summed E-state index contributed by atoms with van der Waals surface area (Å²) in [5.74, 6) is -0.0251. The van der Waals surface area contributed by atoms with Gasteiger partial charge in [0, 0.05) is 31.8 Å². The molecule has 1 atom stereocenters. The van der Waals surface area contributed by atoms with Gasteiger partial charge in [-0.15, -0.1) is 0 Å². The molecule has 0 spiro atoms. The molecule has 2 N–H and O–H groups in total. The maximum absolute atomic E-state index is 12.0. The van der Waals surface area contributed by atoms with E-state index in [1.165, 1.54) is 18.4 Å². The van der Waals surface area contributed by atoms with Crippen LogP contribution in [0.2, 0.25) is 0 Å². The summed E-state index contributed by atoms with van der Waals surface area (Å²) in [5.41, 5.74) is 2.13. The number of hydrogen-bond acceptors (Lipinski definition) is 4. The van der Waals surface area contributed by atoms with Crippen LogP contribution in [0.5, 0.6) is 0 Å². The monoisotopic (exact) mass is 282 g/mol. The number of aliphatic hydroxyl groups is 1. The van der Waals surface area contributed by atoms with Gasteiger partial charge in [0.25, 0.3) is 0 Å². The fraction of sp³-hybridized carbons (Fsp3) is 0.800. The van der Waals surface area contributed by atoms with E-state index in [0.717, 1.165) is 44.7 Å². The lowest BCUT2D eigenvalue weighted by Gasteiger charge is -2.28. The minimum Gasteiger partial charge on any atom is -0.390 e. The normalized spacial score (nSPS) is 21.8. The SMILES string of the molecule is CC(C(=O)NC[C@@H](O)CN1CCOCC1)=C1CCCC1. The Morgan fingerprint density at radius 1 is 1.35 bits per heavy atom. The number of aliphatic hydroxyl groups excluding tert-OH is 1. The summed E-state index contributed by atoms with van der Waals surface area (Å²) in [6, 6.07) is 0. The Morgan fingerprint density at radius 3 is 2.65 bits per heavy atom. The number of morpholine rings is 1.